The molecule has 1 heterocycles. The standard InChI is InChI=1S/C26H41NO4/c1-5-7-9-11-18-15-22(28)25-20-17-19(27-31-24(29)12-10-8-6-2)13-14-21(20)26(3,4)30-23(25)16-18/h15-16,19-21,27-28H,5-14,17H2,1-4H3. The van der Waals surface area contributed by atoms with Gasteiger partial charge in [0.2, 0.25) is 0 Å². The average Bonchev–Trinajstić information content (AvgIpc) is 2.71. The van der Waals surface area contributed by atoms with Gasteiger partial charge in [-0.15, -0.1) is 0 Å². The molecule has 1 aromatic rings. The number of ether oxygens (including phenoxy) is 1. The molecule has 2 N–H and O–H groups in total. The molecule has 3 atom stereocenters. The van der Waals surface area contributed by atoms with Crippen LogP contribution in [0.25, 0.3) is 0 Å². The van der Waals surface area contributed by atoms with Crippen LogP contribution in [0.2, 0.25) is 0 Å². The zero-order valence-electron chi connectivity index (χ0n) is 19.8. The summed E-state index contributed by atoms with van der Waals surface area (Å²) in [5, 5.41) is 10.9. The molecule has 0 aromatic heterocycles. The molecule has 5 heteroatoms. The highest BCUT2D eigenvalue weighted by molar-refractivity contribution is 5.68. The van der Waals surface area contributed by atoms with Crippen LogP contribution >= 0.6 is 0 Å². The minimum Gasteiger partial charge on any atom is -0.508 e. The summed E-state index contributed by atoms with van der Waals surface area (Å²) in [4.78, 5) is 17.4. The molecule has 31 heavy (non-hydrogen) atoms. The summed E-state index contributed by atoms with van der Waals surface area (Å²) in [6.45, 7) is 8.65. The summed E-state index contributed by atoms with van der Waals surface area (Å²) in [5.41, 5.74) is 4.83. The van der Waals surface area contributed by atoms with Crippen LogP contribution in [-0.4, -0.2) is 22.7 Å². The van der Waals surface area contributed by atoms with Crippen molar-refractivity contribution in [2.24, 2.45) is 5.92 Å². The molecule has 0 radical (unpaired) electrons. The third kappa shape index (κ3) is 5.94. The fourth-order valence-corrected chi connectivity index (χ4v) is 5.36. The van der Waals surface area contributed by atoms with Gasteiger partial charge in [0, 0.05) is 23.9 Å². The molecule has 1 aliphatic carbocycles. The third-order valence-corrected chi connectivity index (χ3v) is 7.06. The Morgan fingerprint density at radius 1 is 1.16 bits per heavy atom. The lowest BCUT2D eigenvalue weighted by atomic mass is 9.65. The molecule has 0 amide bonds. The number of carbonyl (C=O) groups is 1. The first-order valence-corrected chi connectivity index (χ1v) is 12.4. The van der Waals surface area contributed by atoms with Crippen molar-refractivity contribution in [1.82, 2.24) is 5.48 Å². The first-order chi connectivity index (χ1) is 14.9. The Balaban J connectivity index is 1.70. The summed E-state index contributed by atoms with van der Waals surface area (Å²) in [6, 6.07) is 4.16. The molecule has 1 saturated carbocycles. The second-order valence-corrected chi connectivity index (χ2v) is 9.96. The van der Waals surface area contributed by atoms with E-state index in [4.69, 9.17) is 9.57 Å². The quantitative estimate of drug-likeness (QED) is 0.342. The molecule has 3 rings (SSSR count). The zero-order chi connectivity index (χ0) is 22.4. The molecule has 5 nitrogen and oxygen atoms in total. The number of nitrogens with one attached hydrogen (secondary N) is 1. The second-order valence-electron chi connectivity index (χ2n) is 9.96. The number of aryl methyl sites for hydroxylation is 1. The van der Waals surface area contributed by atoms with Crippen molar-refractivity contribution < 1.29 is 19.5 Å². The van der Waals surface area contributed by atoms with Gasteiger partial charge in [0.15, 0.2) is 0 Å². The molecule has 1 aliphatic heterocycles. The lowest BCUT2D eigenvalue weighted by Gasteiger charge is -2.49. The second kappa shape index (κ2) is 10.7. The number of benzene rings is 1. The number of phenols is 1. The number of unbranched alkanes of at least 4 members (excludes halogenated alkanes) is 4. The van der Waals surface area contributed by atoms with Gasteiger partial charge in [-0.1, -0.05) is 39.5 Å². The number of hydroxylamine groups is 1. The zero-order valence-corrected chi connectivity index (χ0v) is 19.8. The third-order valence-electron chi connectivity index (χ3n) is 7.06. The highest BCUT2D eigenvalue weighted by Crippen LogP contribution is 2.54. The van der Waals surface area contributed by atoms with Gasteiger partial charge in [0.05, 0.1) is 0 Å². The summed E-state index contributed by atoms with van der Waals surface area (Å²) in [5.74, 6) is 1.52. The van der Waals surface area contributed by atoms with Crippen LogP contribution in [0.15, 0.2) is 12.1 Å². The van der Waals surface area contributed by atoms with Gasteiger partial charge in [0.25, 0.3) is 0 Å². The molecule has 3 unspecified atom stereocenters. The first-order valence-electron chi connectivity index (χ1n) is 12.4. The predicted molar refractivity (Wildman–Crippen MR) is 123 cm³/mol. The van der Waals surface area contributed by atoms with E-state index in [1.165, 1.54) is 12.8 Å². The molecule has 0 bridgehead atoms. The van der Waals surface area contributed by atoms with Crippen molar-refractivity contribution in [3.8, 4) is 11.5 Å². The summed E-state index contributed by atoms with van der Waals surface area (Å²) in [7, 11) is 0. The molecule has 0 spiro atoms. The van der Waals surface area contributed by atoms with Crippen molar-refractivity contribution in [1.29, 1.82) is 0 Å². The van der Waals surface area contributed by atoms with Crippen LogP contribution in [0.5, 0.6) is 11.5 Å². The van der Waals surface area contributed by atoms with E-state index in [2.05, 4.69) is 39.2 Å². The normalized spacial score (nSPS) is 24.1. The van der Waals surface area contributed by atoms with Crippen LogP contribution in [0.4, 0.5) is 0 Å². The summed E-state index contributed by atoms with van der Waals surface area (Å²) >= 11 is 0. The molecule has 2 aliphatic rings. The van der Waals surface area contributed by atoms with Crippen molar-refractivity contribution in [2.75, 3.05) is 0 Å². The molecule has 1 fully saturated rings. The monoisotopic (exact) mass is 431 g/mol. The van der Waals surface area contributed by atoms with Crippen molar-refractivity contribution in [3.63, 3.8) is 0 Å². The number of hydrogen-bond acceptors (Lipinski definition) is 5. The van der Waals surface area contributed by atoms with Gasteiger partial charge in [-0.05, 0) is 76.0 Å². The number of rotatable bonds is 10. The number of fused-ring (bicyclic) bond motifs is 3. The van der Waals surface area contributed by atoms with Gasteiger partial charge in [-0.25, -0.2) is 0 Å². The maximum Gasteiger partial charge on any atom is 0.324 e. The Hall–Kier alpha value is -1.75. The molecule has 174 valence electrons. The first kappa shape index (κ1) is 23.9. The number of hydrogen-bond donors (Lipinski definition) is 2. The van der Waals surface area contributed by atoms with E-state index in [9.17, 15) is 9.90 Å². The van der Waals surface area contributed by atoms with E-state index in [0.717, 1.165) is 68.2 Å². The Bertz CT molecular complexity index is 745. The summed E-state index contributed by atoms with van der Waals surface area (Å²) < 4.78 is 6.44. The van der Waals surface area contributed by atoms with Crippen molar-refractivity contribution in [3.05, 3.63) is 23.3 Å². The SMILES string of the molecule is CCCCCC(=O)ONC1CCC2C(C1)c1c(O)cc(CCCCC)cc1OC2(C)C. The fraction of sp³-hybridized carbons (Fsp3) is 0.731. The van der Waals surface area contributed by atoms with Crippen LogP contribution in [0.1, 0.15) is 109 Å². The van der Waals surface area contributed by atoms with Gasteiger partial charge in [-0.3, -0.25) is 4.79 Å². The van der Waals surface area contributed by atoms with Gasteiger partial charge >= 0.3 is 5.97 Å². The number of phenolic OH excluding ortho intramolecular Hbond substituents is 1. The maximum atomic E-state index is 12.0. The molecular weight excluding hydrogens is 390 g/mol. The van der Waals surface area contributed by atoms with Crippen LogP contribution in [-0.2, 0) is 16.1 Å². The topological polar surface area (TPSA) is 67.8 Å². The molecule has 0 saturated heterocycles. The lowest BCUT2D eigenvalue weighted by molar-refractivity contribution is -0.154. The minimum absolute atomic E-state index is 0.0988. The highest BCUT2D eigenvalue weighted by atomic mass is 16.7. The van der Waals surface area contributed by atoms with Gasteiger partial charge in [0.1, 0.15) is 17.1 Å². The minimum atomic E-state index is -0.284. The Morgan fingerprint density at radius 3 is 2.65 bits per heavy atom. The number of aromatic hydroxyl groups is 1. The van der Waals surface area contributed by atoms with Crippen molar-refractivity contribution in [2.45, 2.75) is 116 Å². The smallest absolute Gasteiger partial charge is 0.324 e. The van der Waals surface area contributed by atoms with E-state index < -0.39 is 0 Å². The highest BCUT2D eigenvalue weighted by Gasteiger charge is 2.47. The average molecular weight is 432 g/mol. The fourth-order valence-electron chi connectivity index (χ4n) is 5.36. The largest absolute Gasteiger partial charge is 0.508 e. The van der Waals surface area contributed by atoms with E-state index in [1.807, 2.05) is 6.07 Å². The van der Waals surface area contributed by atoms with E-state index in [0.29, 0.717) is 18.1 Å². The van der Waals surface area contributed by atoms with Crippen molar-refractivity contribution >= 4 is 5.97 Å². The molecule has 1 aromatic carbocycles. The maximum absolute atomic E-state index is 12.0. The van der Waals surface area contributed by atoms with Gasteiger partial charge in [-0.2, -0.15) is 5.48 Å². The van der Waals surface area contributed by atoms with E-state index in [-0.39, 0.29) is 23.5 Å². The van der Waals surface area contributed by atoms with Gasteiger partial charge < -0.3 is 14.7 Å². The Labute approximate surface area is 187 Å². The number of carbonyl (C=O) groups excluding carboxylic acids is 1. The Kier molecular flexibility index (Phi) is 8.26. The Morgan fingerprint density at radius 2 is 1.90 bits per heavy atom. The summed E-state index contributed by atoms with van der Waals surface area (Å²) in [6.07, 6.45) is 10.7. The van der Waals surface area contributed by atoms with Crippen LogP contribution < -0.4 is 10.2 Å². The predicted octanol–water partition coefficient (Wildman–Crippen LogP) is 6.18. The van der Waals surface area contributed by atoms with E-state index >= 15 is 0 Å². The molecular formula is C26H41NO4. The van der Waals surface area contributed by atoms with Crippen LogP contribution in [0, 0.1) is 5.92 Å². The lowest BCUT2D eigenvalue weighted by Crippen LogP contribution is -2.49. The van der Waals surface area contributed by atoms with E-state index in [1.54, 1.807) is 0 Å². The van der Waals surface area contributed by atoms with Crippen LogP contribution in [0.3, 0.4) is 0 Å².